The van der Waals surface area contributed by atoms with Gasteiger partial charge in [0, 0.05) is 13.7 Å². The Morgan fingerprint density at radius 1 is 1.21 bits per heavy atom. The Kier molecular flexibility index (Phi) is 11.1. The topological polar surface area (TPSA) is 66.0 Å². The summed E-state index contributed by atoms with van der Waals surface area (Å²) in [4.78, 5) is 12.2. The molecule has 1 rings (SSSR count). The minimum Gasteiger partial charge on any atom is -0.499 e. The van der Waals surface area contributed by atoms with E-state index >= 15 is 0 Å². The van der Waals surface area contributed by atoms with Crippen LogP contribution in [0.15, 0.2) is 52.7 Å². The number of ether oxygens (including phenoxy) is 4. The van der Waals surface area contributed by atoms with Crippen molar-refractivity contribution in [2.45, 2.75) is 12.8 Å². The maximum atomic E-state index is 12.2. The summed E-state index contributed by atoms with van der Waals surface area (Å²) in [6.45, 7) is 4.90. The molecule has 0 aliphatic carbocycles. The van der Waals surface area contributed by atoms with E-state index in [2.05, 4.69) is 27.8 Å². The van der Waals surface area contributed by atoms with Crippen molar-refractivity contribution in [3.8, 4) is 11.5 Å². The number of benzene rings is 1. The number of carbonyl (C=O) groups is 1. The minimum absolute atomic E-state index is 0.0774. The SMILES string of the molecule is C=C(/C=C\C=C(/COC)OC)CCNC(=O)Cc1ccc(OC)c(OC)c1Br. The van der Waals surface area contributed by atoms with Crippen molar-refractivity contribution in [3.05, 3.63) is 58.3 Å². The molecule has 0 spiro atoms. The van der Waals surface area contributed by atoms with Gasteiger partial charge >= 0.3 is 0 Å². The largest absolute Gasteiger partial charge is 0.499 e. The molecule has 0 atom stereocenters. The number of hydrogen-bond acceptors (Lipinski definition) is 5. The van der Waals surface area contributed by atoms with Crippen molar-refractivity contribution in [2.75, 3.05) is 41.6 Å². The average Bonchev–Trinajstić information content (AvgIpc) is 2.68. The van der Waals surface area contributed by atoms with Gasteiger partial charge in [-0.2, -0.15) is 0 Å². The predicted molar refractivity (Wildman–Crippen MR) is 114 cm³/mol. The van der Waals surface area contributed by atoms with E-state index < -0.39 is 0 Å². The first-order chi connectivity index (χ1) is 13.5. The van der Waals surface area contributed by atoms with Gasteiger partial charge in [0.2, 0.25) is 5.91 Å². The molecule has 0 heterocycles. The summed E-state index contributed by atoms with van der Waals surface area (Å²) in [6, 6.07) is 3.62. The fourth-order valence-corrected chi connectivity index (χ4v) is 2.99. The molecule has 0 aliphatic heterocycles. The van der Waals surface area contributed by atoms with E-state index in [1.54, 1.807) is 34.5 Å². The molecule has 154 valence electrons. The highest BCUT2D eigenvalue weighted by atomic mass is 79.9. The number of amides is 1. The van der Waals surface area contributed by atoms with Crippen LogP contribution in [0.25, 0.3) is 0 Å². The van der Waals surface area contributed by atoms with E-state index in [0.717, 1.165) is 16.9 Å². The van der Waals surface area contributed by atoms with Gasteiger partial charge in [-0.15, -0.1) is 0 Å². The second-order valence-corrected chi connectivity index (χ2v) is 6.63. The van der Waals surface area contributed by atoms with Crippen LogP contribution < -0.4 is 14.8 Å². The third-order valence-electron chi connectivity index (χ3n) is 3.85. The lowest BCUT2D eigenvalue weighted by Gasteiger charge is -2.13. The first-order valence-corrected chi connectivity index (χ1v) is 9.50. The number of hydrogen-bond donors (Lipinski definition) is 1. The van der Waals surface area contributed by atoms with E-state index in [9.17, 15) is 4.79 Å². The predicted octanol–water partition coefficient (Wildman–Crippen LogP) is 3.80. The summed E-state index contributed by atoms with van der Waals surface area (Å²) < 4.78 is 21.5. The summed E-state index contributed by atoms with van der Waals surface area (Å²) >= 11 is 3.48. The number of rotatable bonds is 12. The van der Waals surface area contributed by atoms with Crippen molar-refractivity contribution in [3.63, 3.8) is 0 Å². The Labute approximate surface area is 175 Å². The molecule has 0 unspecified atom stereocenters. The Bertz CT molecular complexity index is 728. The van der Waals surface area contributed by atoms with Gasteiger partial charge in [-0.3, -0.25) is 4.79 Å². The molecule has 28 heavy (non-hydrogen) atoms. The molecule has 1 N–H and O–H groups in total. The van der Waals surface area contributed by atoms with Crippen molar-refractivity contribution < 1.29 is 23.7 Å². The summed E-state index contributed by atoms with van der Waals surface area (Å²) in [7, 11) is 6.34. The van der Waals surface area contributed by atoms with Gasteiger partial charge in [-0.05, 0) is 40.1 Å². The molecule has 0 radical (unpaired) electrons. The molecule has 0 aliphatic rings. The summed E-state index contributed by atoms with van der Waals surface area (Å²) in [6.07, 6.45) is 6.44. The highest BCUT2D eigenvalue weighted by molar-refractivity contribution is 9.10. The zero-order valence-corrected chi connectivity index (χ0v) is 18.4. The highest BCUT2D eigenvalue weighted by Crippen LogP contribution is 2.37. The lowest BCUT2D eigenvalue weighted by Crippen LogP contribution is -2.26. The second kappa shape index (κ2) is 13.0. The van der Waals surface area contributed by atoms with Crippen LogP contribution in [0.2, 0.25) is 0 Å². The van der Waals surface area contributed by atoms with E-state index in [0.29, 0.717) is 35.5 Å². The second-order valence-electron chi connectivity index (χ2n) is 5.84. The van der Waals surface area contributed by atoms with Gasteiger partial charge < -0.3 is 24.3 Å². The van der Waals surface area contributed by atoms with Crippen LogP contribution in [-0.4, -0.2) is 47.5 Å². The van der Waals surface area contributed by atoms with E-state index in [1.165, 1.54) is 0 Å². The fourth-order valence-electron chi connectivity index (χ4n) is 2.36. The first kappa shape index (κ1) is 23.8. The monoisotopic (exact) mass is 453 g/mol. The molecule has 1 amide bonds. The molecular formula is C21H28BrNO5. The molecule has 0 saturated heterocycles. The van der Waals surface area contributed by atoms with Crippen LogP contribution in [0.3, 0.4) is 0 Å². The lowest BCUT2D eigenvalue weighted by molar-refractivity contribution is -0.120. The Morgan fingerprint density at radius 2 is 1.96 bits per heavy atom. The van der Waals surface area contributed by atoms with Crippen molar-refractivity contribution in [1.82, 2.24) is 5.32 Å². The number of methoxy groups -OCH3 is 4. The smallest absolute Gasteiger partial charge is 0.224 e. The standard InChI is InChI=1S/C21H28BrNO5/c1-15(7-6-8-17(26-3)14-25-2)11-12-23-19(24)13-16-9-10-18(27-4)21(28-5)20(16)22/h6-10H,1,11-14H2,2-5H3,(H,23,24)/b7-6-,17-8+. The van der Waals surface area contributed by atoms with Crippen molar-refractivity contribution in [2.24, 2.45) is 0 Å². The van der Waals surface area contributed by atoms with Gasteiger partial charge in [-0.25, -0.2) is 0 Å². The molecule has 0 aromatic heterocycles. The number of nitrogens with one attached hydrogen (secondary N) is 1. The Hall–Kier alpha value is -2.25. The summed E-state index contributed by atoms with van der Waals surface area (Å²) in [5.74, 6) is 1.83. The van der Waals surface area contributed by atoms with E-state index in [4.69, 9.17) is 18.9 Å². The zero-order chi connectivity index (χ0) is 20.9. The van der Waals surface area contributed by atoms with Gasteiger partial charge in [0.15, 0.2) is 11.5 Å². The van der Waals surface area contributed by atoms with Gasteiger partial charge in [0.25, 0.3) is 0 Å². The zero-order valence-electron chi connectivity index (χ0n) is 16.8. The number of allylic oxidation sites excluding steroid dienone is 3. The lowest BCUT2D eigenvalue weighted by atomic mass is 10.1. The first-order valence-electron chi connectivity index (χ1n) is 8.70. The van der Waals surface area contributed by atoms with Crippen LogP contribution in [0, 0.1) is 0 Å². The van der Waals surface area contributed by atoms with Crippen LogP contribution in [0.1, 0.15) is 12.0 Å². The van der Waals surface area contributed by atoms with Crippen LogP contribution in [-0.2, 0) is 20.7 Å². The van der Waals surface area contributed by atoms with E-state index in [-0.39, 0.29) is 12.3 Å². The van der Waals surface area contributed by atoms with Crippen LogP contribution >= 0.6 is 15.9 Å². The van der Waals surface area contributed by atoms with Crippen molar-refractivity contribution >= 4 is 21.8 Å². The van der Waals surface area contributed by atoms with Gasteiger partial charge in [-0.1, -0.05) is 30.4 Å². The Morgan fingerprint density at radius 3 is 2.57 bits per heavy atom. The molecule has 1 aromatic rings. The number of halogens is 1. The molecule has 0 fully saturated rings. The van der Waals surface area contributed by atoms with Crippen molar-refractivity contribution in [1.29, 1.82) is 0 Å². The molecule has 0 bridgehead atoms. The van der Waals surface area contributed by atoms with Crippen LogP contribution in [0.4, 0.5) is 0 Å². The third-order valence-corrected chi connectivity index (χ3v) is 4.72. The molecular weight excluding hydrogens is 426 g/mol. The summed E-state index contributed by atoms with van der Waals surface area (Å²) in [5.41, 5.74) is 1.72. The molecule has 7 heteroatoms. The normalized spacial score (nSPS) is 11.4. The highest BCUT2D eigenvalue weighted by Gasteiger charge is 2.14. The maximum Gasteiger partial charge on any atom is 0.224 e. The molecule has 6 nitrogen and oxygen atoms in total. The minimum atomic E-state index is -0.0774. The van der Waals surface area contributed by atoms with E-state index in [1.807, 2.05) is 24.3 Å². The molecule has 1 aromatic carbocycles. The Balaban J connectivity index is 2.50. The molecule has 0 saturated carbocycles. The third kappa shape index (κ3) is 7.78. The average molecular weight is 454 g/mol. The quantitative estimate of drug-likeness (QED) is 0.385. The van der Waals surface area contributed by atoms with Gasteiger partial charge in [0.05, 0.1) is 32.2 Å². The number of carbonyl (C=O) groups excluding carboxylic acids is 1. The summed E-state index contributed by atoms with van der Waals surface area (Å²) in [5, 5.41) is 2.90. The van der Waals surface area contributed by atoms with Crippen LogP contribution in [0.5, 0.6) is 11.5 Å². The van der Waals surface area contributed by atoms with Gasteiger partial charge in [0.1, 0.15) is 12.4 Å². The fraction of sp³-hybridized carbons (Fsp3) is 0.381. The maximum absolute atomic E-state index is 12.2.